The van der Waals surface area contributed by atoms with E-state index in [9.17, 15) is 0 Å². The summed E-state index contributed by atoms with van der Waals surface area (Å²) in [5.74, 6) is 0.951. The van der Waals surface area contributed by atoms with E-state index in [0.29, 0.717) is 6.04 Å². The molecule has 0 spiro atoms. The minimum atomic E-state index is 0.359. The predicted molar refractivity (Wildman–Crippen MR) is 95.5 cm³/mol. The maximum absolute atomic E-state index is 4.66. The van der Waals surface area contributed by atoms with Gasteiger partial charge in [0.25, 0.3) is 0 Å². The van der Waals surface area contributed by atoms with Crippen LogP contribution < -0.4 is 4.90 Å². The number of rotatable bonds is 6. The third-order valence-corrected chi connectivity index (χ3v) is 5.03. The Morgan fingerprint density at radius 2 is 2.08 bits per heavy atom. The molecule has 1 aliphatic rings. The van der Waals surface area contributed by atoms with Gasteiger partial charge in [0.15, 0.2) is 5.65 Å². The molecule has 0 N–H and O–H groups in total. The van der Waals surface area contributed by atoms with Crippen molar-refractivity contribution < 1.29 is 0 Å². The number of fused-ring (bicyclic) bond motifs is 2. The molecule has 3 aromatic heterocycles. The summed E-state index contributed by atoms with van der Waals surface area (Å²) in [4.78, 5) is 4.78. The van der Waals surface area contributed by atoms with Gasteiger partial charge in [-0.15, -0.1) is 15.3 Å². The van der Waals surface area contributed by atoms with Crippen LogP contribution in [0.15, 0.2) is 30.7 Å². The first kappa shape index (κ1) is 16.0. The van der Waals surface area contributed by atoms with Crippen molar-refractivity contribution in [3.05, 3.63) is 36.4 Å². The Kier molecular flexibility index (Phi) is 4.35. The second-order valence-electron chi connectivity index (χ2n) is 6.44. The van der Waals surface area contributed by atoms with Crippen LogP contribution in [0, 0.1) is 0 Å². The van der Waals surface area contributed by atoms with Crippen LogP contribution in [-0.4, -0.2) is 60.7 Å². The van der Waals surface area contributed by atoms with Gasteiger partial charge in [-0.25, -0.2) is 0 Å². The predicted octanol–water partition coefficient (Wildman–Crippen LogP) is 1.61. The van der Waals surface area contributed by atoms with Crippen LogP contribution in [0.4, 0.5) is 5.82 Å². The van der Waals surface area contributed by atoms with E-state index in [1.807, 2.05) is 18.3 Å². The molecule has 0 bridgehead atoms. The molecular formula is C17H24N8. The largest absolute Gasteiger partial charge is 0.347 e. The maximum atomic E-state index is 4.66. The van der Waals surface area contributed by atoms with Gasteiger partial charge in [-0.1, -0.05) is 13.8 Å². The number of nitrogens with zero attached hydrogens (tertiary/aromatic N) is 8. The van der Waals surface area contributed by atoms with Crippen molar-refractivity contribution in [3.63, 3.8) is 0 Å². The number of hydrogen-bond donors (Lipinski definition) is 0. The SMILES string of the molecule is CCN(CC)CCC1CN(c2ccc3nncn3n2)Cc2ccnn21. The first-order chi connectivity index (χ1) is 12.3. The molecular weight excluding hydrogens is 316 g/mol. The van der Waals surface area contributed by atoms with Gasteiger partial charge in [-0.2, -0.15) is 9.61 Å². The summed E-state index contributed by atoms with van der Waals surface area (Å²) in [6, 6.07) is 6.45. The fraction of sp³-hybridized carbons (Fsp3) is 0.529. The van der Waals surface area contributed by atoms with Crippen molar-refractivity contribution >= 4 is 11.5 Å². The molecule has 3 aromatic rings. The smallest absolute Gasteiger partial charge is 0.177 e. The lowest BCUT2D eigenvalue weighted by atomic mass is 10.1. The van der Waals surface area contributed by atoms with Gasteiger partial charge >= 0.3 is 0 Å². The van der Waals surface area contributed by atoms with Crippen LogP contribution >= 0.6 is 0 Å². The summed E-state index contributed by atoms with van der Waals surface area (Å²) >= 11 is 0. The highest BCUT2D eigenvalue weighted by molar-refractivity contribution is 5.45. The lowest BCUT2D eigenvalue weighted by Crippen LogP contribution is -2.40. The molecule has 1 atom stereocenters. The van der Waals surface area contributed by atoms with Gasteiger partial charge in [0.05, 0.1) is 18.3 Å². The third-order valence-electron chi connectivity index (χ3n) is 5.03. The Bertz CT molecular complexity index is 834. The Labute approximate surface area is 147 Å². The standard InChI is InChI=1S/C17H24N8/c1-3-22(4-2)10-8-15-12-23(11-14-7-9-19-25(14)15)17-6-5-16-20-18-13-24(16)21-17/h5-7,9,13,15H,3-4,8,10-12H2,1-2H3. The molecule has 0 fully saturated rings. The van der Waals surface area contributed by atoms with Crippen molar-refractivity contribution in [1.82, 2.24) is 34.5 Å². The quantitative estimate of drug-likeness (QED) is 0.679. The van der Waals surface area contributed by atoms with Gasteiger partial charge in [0.1, 0.15) is 12.1 Å². The highest BCUT2D eigenvalue weighted by Crippen LogP contribution is 2.26. The monoisotopic (exact) mass is 340 g/mol. The van der Waals surface area contributed by atoms with Gasteiger partial charge in [-0.05, 0) is 37.7 Å². The van der Waals surface area contributed by atoms with Crippen LogP contribution in [-0.2, 0) is 6.54 Å². The highest BCUT2D eigenvalue weighted by atomic mass is 15.4. The fourth-order valence-electron chi connectivity index (χ4n) is 3.53. The van der Waals surface area contributed by atoms with E-state index in [1.165, 1.54) is 5.69 Å². The van der Waals surface area contributed by atoms with E-state index in [1.54, 1.807) is 10.8 Å². The average Bonchev–Trinajstić information content (AvgIpc) is 3.30. The Hall–Kier alpha value is -2.48. The van der Waals surface area contributed by atoms with Crippen molar-refractivity contribution in [1.29, 1.82) is 0 Å². The molecule has 1 aliphatic heterocycles. The number of aromatic nitrogens is 6. The summed E-state index contributed by atoms with van der Waals surface area (Å²) < 4.78 is 3.92. The minimum absolute atomic E-state index is 0.359. The van der Waals surface area contributed by atoms with Crippen LogP contribution in [0.3, 0.4) is 0 Å². The van der Waals surface area contributed by atoms with Gasteiger partial charge in [-0.3, -0.25) is 4.68 Å². The zero-order valence-electron chi connectivity index (χ0n) is 14.8. The molecule has 8 nitrogen and oxygen atoms in total. The molecule has 8 heteroatoms. The highest BCUT2D eigenvalue weighted by Gasteiger charge is 2.26. The van der Waals surface area contributed by atoms with E-state index in [0.717, 1.165) is 50.6 Å². The van der Waals surface area contributed by atoms with Gasteiger partial charge in [0.2, 0.25) is 0 Å². The van der Waals surface area contributed by atoms with Gasteiger partial charge in [0, 0.05) is 19.3 Å². The lowest BCUT2D eigenvalue weighted by molar-refractivity contribution is 0.261. The second-order valence-corrected chi connectivity index (χ2v) is 6.44. The third kappa shape index (κ3) is 3.09. The molecule has 0 radical (unpaired) electrons. The minimum Gasteiger partial charge on any atom is -0.347 e. The van der Waals surface area contributed by atoms with Crippen molar-refractivity contribution in [2.24, 2.45) is 0 Å². The maximum Gasteiger partial charge on any atom is 0.177 e. The van der Waals surface area contributed by atoms with Crippen molar-refractivity contribution in [2.45, 2.75) is 32.9 Å². The molecule has 132 valence electrons. The van der Waals surface area contributed by atoms with E-state index in [2.05, 4.69) is 54.8 Å². The zero-order valence-corrected chi connectivity index (χ0v) is 14.8. The van der Waals surface area contributed by atoms with Crippen molar-refractivity contribution in [3.8, 4) is 0 Å². The molecule has 0 aromatic carbocycles. The van der Waals surface area contributed by atoms with Crippen LogP contribution in [0.5, 0.6) is 0 Å². The molecule has 0 saturated carbocycles. The van der Waals surface area contributed by atoms with Crippen LogP contribution in [0.25, 0.3) is 5.65 Å². The van der Waals surface area contributed by atoms with E-state index in [4.69, 9.17) is 0 Å². The van der Waals surface area contributed by atoms with Crippen LogP contribution in [0.2, 0.25) is 0 Å². The first-order valence-electron chi connectivity index (χ1n) is 8.95. The van der Waals surface area contributed by atoms with E-state index in [-0.39, 0.29) is 0 Å². The number of anilines is 1. The summed E-state index contributed by atoms with van der Waals surface area (Å²) in [6.07, 6.45) is 4.63. The first-order valence-corrected chi connectivity index (χ1v) is 8.95. The van der Waals surface area contributed by atoms with E-state index >= 15 is 0 Å². The van der Waals surface area contributed by atoms with Gasteiger partial charge < -0.3 is 9.80 Å². The van der Waals surface area contributed by atoms with E-state index < -0.39 is 0 Å². The zero-order chi connectivity index (χ0) is 17.2. The lowest BCUT2D eigenvalue weighted by Gasteiger charge is -2.35. The van der Waals surface area contributed by atoms with Crippen LogP contribution in [0.1, 0.15) is 32.0 Å². The molecule has 0 saturated heterocycles. The fourth-order valence-corrected chi connectivity index (χ4v) is 3.53. The topological polar surface area (TPSA) is 67.4 Å². The summed E-state index contributed by atoms with van der Waals surface area (Å²) in [6.45, 7) is 9.43. The summed E-state index contributed by atoms with van der Waals surface area (Å²) in [7, 11) is 0. The normalized spacial score (nSPS) is 17.4. The molecule has 0 amide bonds. The average molecular weight is 340 g/mol. The Balaban J connectivity index is 1.56. The molecule has 4 rings (SSSR count). The Morgan fingerprint density at radius 1 is 1.20 bits per heavy atom. The Morgan fingerprint density at radius 3 is 2.92 bits per heavy atom. The summed E-state index contributed by atoms with van der Waals surface area (Å²) in [5.41, 5.74) is 2.00. The summed E-state index contributed by atoms with van der Waals surface area (Å²) in [5, 5.41) is 17.2. The second kappa shape index (κ2) is 6.79. The number of hydrogen-bond acceptors (Lipinski definition) is 6. The molecule has 25 heavy (non-hydrogen) atoms. The van der Waals surface area contributed by atoms with Crippen molar-refractivity contribution in [2.75, 3.05) is 31.1 Å². The molecule has 4 heterocycles. The molecule has 1 unspecified atom stereocenters. The molecule has 0 aliphatic carbocycles.